The third-order valence-electron chi connectivity index (χ3n) is 3.01. The van der Waals surface area contributed by atoms with Gasteiger partial charge in [-0.15, -0.1) is 0 Å². The number of amides is 1. The minimum atomic E-state index is -4.50. The molecule has 1 aliphatic heterocycles. The number of hydrogen-bond donors (Lipinski definition) is 2. The number of alkyl halides is 3. The van der Waals surface area contributed by atoms with Gasteiger partial charge in [0.25, 0.3) is 5.91 Å². The maximum Gasteiger partial charge on any atom is 0.416 e. The number of aliphatic hydroxyl groups excluding tert-OH is 1. The van der Waals surface area contributed by atoms with E-state index in [1.54, 1.807) is 0 Å². The highest BCUT2D eigenvalue weighted by Gasteiger charge is 2.34. The number of carbonyl (C=O) groups is 2. The Morgan fingerprint density at radius 3 is 2.52 bits per heavy atom. The number of hydrogen-bond acceptors (Lipinski definition) is 3. The zero-order valence-corrected chi connectivity index (χ0v) is 10.5. The van der Waals surface area contributed by atoms with Gasteiger partial charge < -0.3 is 15.1 Å². The Morgan fingerprint density at radius 2 is 2.00 bits per heavy atom. The van der Waals surface area contributed by atoms with Gasteiger partial charge in [-0.1, -0.05) is 12.1 Å². The molecular weight excluding hydrogens is 291 g/mol. The summed E-state index contributed by atoms with van der Waals surface area (Å²) in [6, 6.07) is 4.36. The van der Waals surface area contributed by atoms with Crippen molar-refractivity contribution >= 4 is 11.9 Å². The first kappa shape index (κ1) is 14.9. The Bertz CT molecular complexity index is 637. The van der Waals surface area contributed by atoms with Gasteiger partial charge in [-0.3, -0.25) is 4.79 Å². The molecule has 0 aromatic heterocycles. The monoisotopic (exact) mass is 301 g/mol. The predicted octanol–water partition coefficient (Wildman–Crippen LogP) is 1.94. The van der Waals surface area contributed by atoms with Crippen molar-refractivity contribution in [1.29, 1.82) is 0 Å². The molecular formula is C13H10F3NO4. The van der Waals surface area contributed by atoms with Gasteiger partial charge in [-0.2, -0.15) is 13.2 Å². The van der Waals surface area contributed by atoms with Crippen LogP contribution >= 0.6 is 0 Å². The number of aliphatic hydroxyl groups is 1. The lowest BCUT2D eigenvalue weighted by atomic mass is 10.1. The summed E-state index contributed by atoms with van der Waals surface area (Å²) in [4.78, 5) is 23.4. The molecule has 1 amide bonds. The lowest BCUT2D eigenvalue weighted by Crippen LogP contribution is -2.27. The quantitative estimate of drug-likeness (QED) is 0.894. The minimum Gasteiger partial charge on any atom is -0.503 e. The van der Waals surface area contributed by atoms with Crippen molar-refractivity contribution in [3.8, 4) is 0 Å². The van der Waals surface area contributed by atoms with Crippen LogP contribution in [0, 0.1) is 0 Å². The molecule has 1 aromatic rings. The van der Waals surface area contributed by atoms with Crippen LogP contribution in [-0.4, -0.2) is 33.5 Å². The Labute approximate surface area is 116 Å². The van der Waals surface area contributed by atoms with Crippen molar-refractivity contribution in [1.82, 2.24) is 4.90 Å². The highest BCUT2D eigenvalue weighted by atomic mass is 19.4. The predicted molar refractivity (Wildman–Crippen MR) is 64.2 cm³/mol. The lowest BCUT2D eigenvalue weighted by molar-refractivity contribution is -0.137. The van der Waals surface area contributed by atoms with Crippen LogP contribution in [0.5, 0.6) is 0 Å². The van der Waals surface area contributed by atoms with Gasteiger partial charge in [-0.25, -0.2) is 4.79 Å². The van der Waals surface area contributed by atoms with E-state index in [4.69, 9.17) is 5.11 Å². The first-order chi connectivity index (χ1) is 9.70. The molecule has 0 saturated carbocycles. The third kappa shape index (κ3) is 2.99. The van der Waals surface area contributed by atoms with E-state index in [2.05, 4.69) is 0 Å². The summed E-state index contributed by atoms with van der Waals surface area (Å²) in [6.45, 7) is -0.570. The van der Waals surface area contributed by atoms with E-state index in [0.29, 0.717) is 0 Å². The maximum absolute atomic E-state index is 12.6. The van der Waals surface area contributed by atoms with E-state index >= 15 is 0 Å². The number of carboxylic acids is 1. The molecule has 0 fully saturated rings. The standard InChI is InChI=1S/C13H10F3NO4/c14-13(15,16)8-3-1-2-7(4-8)5-17-6-9(12(20)21)10(18)11(17)19/h1-4,18H,5-6H2,(H,20,21). The molecule has 1 aromatic carbocycles. The summed E-state index contributed by atoms with van der Waals surface area (Å²) < 4.78 is 37.7. The highest BCUT2D eigenvalue weighted by molar-refractivity contribution is 6.04. The van der Waals surface area contributed by atoms with Gasteiger partial charge in [0.2, 0.25) is 0 Å². The molecule has 1 aliphatic rings. The summed E-state index contributed by atoms with van der Waals surface area (Å²) in [5.41, 5.74) is -1.13. The van der Waals surface area contributed by atoms with Crippen molar-refractivity contribution in [3.63, 3.8) is 0 Å². The fraction of sp³-hybridized carbons (Fsp3) is 0.231. The fourth-order valence-corrected chi connectivity index (χ4v) is 1.98. The largest absolute Gasteiger partial charge is 0.503 e. The zero-order valence-electron chi connectivity index (χ0n) is 10.5. The second-order valence-electron chi connectivity index (χ2n) is 4.49. The molecule has 0 radical (unpaired) electrons. The molecule has 0 unspecified atom stereocenters. The van der Waals surface area contributed by atoms with Gasteiger partial charge in [0.15, 0.2) is 5.76 Å². The average Bonchev–Trinajstić information content (AvgIpc) is 2.67. The van der Waals surface area contributed by atoms with Gasteiger partial charge in [0.05, 0.1) is 12.1 Å². The summed E-state index contributed by atoms with van der Waals surface area (Å²) in [5, 5.41) is 18.2. The first-order valence-electron chi connectivity index (χ1n) is 5.81. The molecule has 0 bridgehead atoms. The number of benzene rings is 1. The number of rotatable bonds is 3. The highest BCUT2D eigenvalue weighted by Crippen LogP contribution is 2.30. The molecule has 112 valence electrons. The summed E-state index contributed by atoms with van der Waals surface area (Å²) in [5.74, 6) is -3.23. The molecule has 2 rings (SSSR count). The molecule has 0 atom stereocenters. The first-order valence-corrected chi connectivity index (χ1v) is 5.81. The van der Waals surface area contributed by atoms with Crippen LogP contribution < -0.4 is 0 Å². The molecule has 2 N–H and O–H groups in total. The van der Waals surface area contributed by atoms with Gasteiger partial charge in [0, 0.05) is 6.54 Å². The van der Waals surface area contributed by atoms with E-state index in [-0.39, 0.29) is 18.7 Å². The summed E-state index contributed by atoms with van der Waals surface area (Å²) in [6.07, 6.45) is -4.50. The Kier molecular flexibility index (Phi) is 3.63. The fourth-order valence-electron chi connectivity index (χ4n) is 1.98. The van der Waals surface area contributed by atoms with E-state index < -0.39 is 34.9 Å². The Hall–Kier alpha value is -2.51. The second-order valence-corrected chi connectivity index (χ2v) is 4.49. The lowest BCUT2D eigenvalue weighted by Gasteiger charge is -2.17. The normalized spacial score (nSPS) is 15.8. The Balaban J connectivity index is 2.18. The van der Waals surface area contributed by atoms with Gasteiger partial charge in [0.1, 0.15) is 5.57 Å². The summed E-state index contributed by atoms with van der Waals surface area (Å²) >= 11 is 0. The van der Waals surface area contributed by atoms with E-state index in [0.717, 1.165) is 17.0 Å². The van der Waals surface area contributed by atoms with Crippen molar-refractivity contribution in [2.45, 2.75) is 12.7 Å². The van der Waals surface area contributed by atoms with E-state index in [9.17, 15) is 27.9 Å². The van der Waals surface area contributed by atoms with Crippen molar-refractivity contribution in [2.75, 3.05) is 6.54 Å². The Morgan fingerprint density at radius 1 is 1.33 bits per heavy atom. The van der Waals surface area contributed by atoms with Crippen molar-refractivity contribution in [2.24, 2.45) is 0 Å². The molecule has 8 heteroatoms. The number of carbonyl (C=O) groups excluding carboxylic acids is 1. The molecule has 0 saturated heterocycles. The number of halogens is 3. The van der Waals surface area contributed by atoms with Crippen LogP contribution in [0.1, 0.15) is 11.1 Å². The second kappa shape index (κ2) is 5.12. The SMILES string of the molecule is O=C(O)C1=C(O)C(=O)N(Cc2cccc(C(F)(F)F)c2)C1. The van der Waals surface area contributed by atoms with E-state index in [1.165, 1.54) is 12.1 Å². The van der Waals surface area contributed by atoms with Crippen LogP contribution in [0.25, 0.3) is 0 Å². The molecule has 5 nitrogen and oxygen atoms in total. The van der Waals surface area contributed by atoms with Crippen LogP contribution in [-0.2, 0) is 22.3 Å². The maximum atomic E-state index is 12.6. The van der Waals surface area contributed by atoms with Crippen LogP contribution in [0.3, 0.4) is 0 Å². The number of nitrogens with zero attached hydrogens (tertiary/aromatic N) is 1. The van der Waals surface area contributed by atoms with Crippen LogP contribution in [0.4, 0.5) is 13.2 Å². The topological polar surface area (TPSA) is 77.8 Å². The van der Waals surface area contributed by atoms with Crippen molar-refractivity contribution < 1.29 is 33.0 Å². The van der Waals surface area contributed by atoms with Crippen LogP contribution in [0.2, 0.25) is 0 Å². The molecule has 21 heavy (non-hydrogen) atoms. The zero-order chi connectivity index (χ0) is 15.8. The smallest absolute Gasteiger partial charge is 0.416 e. The minimum absolute atomic E-state index is 0.192. The molecule has 0 spiro atoms. The van der Waals surface area contributed by atoms with Gasteiger partial charge in [-0.05, 0) is 17.7 Å². The van der Waals surface area contributed by atoms with Gasteiger partial charge >= 0.3 is 12.1 Å². The molecule has 0 aliphatic carbocycles. The number of aliphatic carboxylic acids is 1. The average molecular weight is 301 g/mol. The third-order valence-corrected chi connectivity index (χ3v) is 3.01. The molecule has 1 heterocycles. The van der Waals surface area contributed by atoms with E-state index in [1.807, 2.05) is 0 Å². The number of carboxylic acid groups (broad SMARTS) is 1. The van der Waals surface area contributed by atoms with Crippen molar-refractivity contribution in [3.05, 3.63) is 46.7 Å². The van der Waals surface area contributed by atoms with Crippen LogP contribution in [0.15, 0.2) is 35.6 Å². The summed E-state index contributed by atoms with van der Waals surface area (Å²) in [7, 11) is 0.